The van der Waals surface area contributed by atoms with Gasteiger partial charge in [0.25, 0.3) is 0 Å². The number of para-hydroxylation sites is 2. The SMILES string of the molecule is C=C1C(NC(=O)[C@@H](Cc2cn(CCF)c3ccccc23)NC(=O)OC(C)(C)C)Cc2cccc(N3CCCC3=O)c2N1Cc1ccsc1. The van der Waals surface area contributed by atoms with Crippen molar-refractivity contribution in [2.75, 3.05) is 23.0 Å². The van der Waals surface area contributed by atoms with Gasteiger partial charge in [-0.25, -0.2) is 9.18 Å². The van der Waals surface area contributed by atoms with Gasteiger partial charge < -0.3 is 29.7 Å². The van der Waals surface area contributed by atoms with E-state index in [0.717, 1.165) is 45.4 Å². The molecule has 3 amide bonds. The highest BCUT2D eigenvalue weighted by Crippen LogP contribution is 2.42. The molecule has 11 heteroatoms. The lowest BCUT2D eigenvalue weighted by molar-refractivity contribution is -0.123. The molecule has 2 aromatic heterocycles. The van der Waals surface area contributed by atoms with Crippen molar-refractivity contribution in [1.82, 2.24) is 15.2 Å². The lowest BCUT2D eigenvalue weighted by Gasteiger charge is -2.41. The van der Waals surface area contributed by atoms with Gasteiger partial charge >= 0.3 is 6.09 Å². The fourth-order valence-corrected chi connectivity index (χ4v) is 7.30. The van der Waals surface area contributed by atoms with Gasteiger partial charge in [-0.1, -0.05) is 36.9 Å². The number of alkyl halides is 1. The van der Waals surface area contributed by atoms with E-state index in [-0.39, 0.29) is 24.8 Å². The third kappa shape index (κ3) is 7.11. The predicted octanol–water partition coefficient (Wildman–Crippen LogP) is 6.50. The Balaban J connectivity index is 1.32. The van der Waals surface area contributed by atoms with E-state index in [0.29, 0.717) is 31.6 Å². The van der Waals surface area contributed by atoms with Crippen LogP contribution in [0.25, 0.3) is 10.9 Å². The first-order valence-corrected chi connectivity index (χ1v) is 17.3. The highest BCUT2D eigenvalue weighted by atomic mass is 32.1. The monoisotopic (exact) mass is 671 g/mol. The highest BCUT2D eigenvalue weighted by Gasteiger charge is 2.36. The van der Waals surface area contributed by atoms with Gasteiger partial charge in [0, 0.05) is 55.1 Å². The third-order valence-corrected chi connectivity index (χ3v) is 9.50. The van der Waals surface area contributed by atoms with E-state index in [2.05, 4.69) is 33.6 Å². The zero-order chi connectivity index (χ0) is 34.0. The number of fused-ring (bicyclic) bond motifs is 2. The maximum absolute atomic E-state index is 14.2. The first-order chi connectivity index (χ1) is 23.0. The van der Waals surface area contributed by atoms with Crippen LogP contribution in [0.1, 0.15) is 50.3 Å². The Bertz CT molecular complexity index is 1830. The van der Waals surface area contributed by atoms with Crippen molar-refractivity contribution in [1.29, 1.82) is 0 Å². The smallest absolute Gasteiger partial charge is 0.408 e. The van der Waals surface area contributed by atoms with Gasteiger partial charge in [0.2, 0.25) is 11.8 Å². The zero-order valence-corrected chi connectivity index (χ0v) is 28.4. The molecule has 1 saturated heterocycles. The average Bonchev–Trinajstić information content (AvgIpc) is 3.79. The predicted molar refractivity (Wildman–Crippen MR) is 188 cm³/mol. The van der Waals surface area contributed by atoms with Crippen molar-refractivity contribution in [3.05, 3.63) is 94.5 Å². The molecular formula is C37H42FN5O4S. The zero-order valence-electron chi connectivity index (χ0n) is 27.6. The van der Waals surface area contributed by atoms with Gasteiger partial charge in [0.1, 0.15) is 18.3 Å². The maximum atomic E-state index is 14.2. The summed E-state index contributed by atoms with van der Waals surface area (Å²) in [6.45, 7) is 10.6. The summed E-state index contributed by atoms with van der Waals surface area (Å²) in [4.78, 5) is 44.1. The molecule has 2 aliphatic rings. The van der Waals surface area contributed by atoms with Crippen molar-refractivity contribution in [2.24, 2.45) is 0 Å². The molecule has 0 saturated carbocycles. The van der Waals surface area contributed by atoms with Crippen molar-refractivity contribution < 1.29 is 23.5 Å². The Morgan fingerprint density at radius 3 is 2.67 bits per heavy atom. The minimum atomic E-state index is -0.988. The first-order valence-electron chi connectivity index (χ1n) is 16.3. The van der Waals surface area contributed by atoms with Gasteiger partial charge in [-0.15, -0.1) is 0 Å². The number of aryl methyl sites for hydroxylation is 1. The normalized spacial score (nSPS) is 17.0. The van der Waals surface area contributed by atoms with Crippen LogP contribution in [0.4, 0.5) is 20.6 Å². The van der Waals surface area contributed by atoms with Crippen LogP contribution >= 0.6 is 11.3 Å². The Kier molecular flexibility index (Phi) is 9.59. The fraction of sp³-hybridized carbons (Fsp3) is 0.378. The van der Waals surface area contributed by atoms with Gasteiger partial charge in [0.15, 0.2) is 0 Å². The minimum absolute atomic E-state index is 0.101. The molecule has 6 rings (SSSR count). The summed E-state index contributed by atoms with van der Waals surface area (Å²) in [5, 5.41) is 11.0. The first kappa shape index (κ1) is 33.3. The summed E-state index contributed by atoms with van der Waals surface area (Å²) in [6.07, 6.45) is 3.10. The van der Waals surface area contributed by atoms with Gasteiger partial charge in [-0.2, -0.15) is 11.3 Å². The van der Waals surface area contributed by atoms with Crippen molar-refractivity contribution in [3.8, 4) is 0 Å². The maximum Gasteiger partial charge on any atom is 0.408 e. The number of benzene rings is 2. The number of amides is 3. The summed E-state index contributed by atoms with van der Waals surface area (Å²) in [6, 6.07) is 14.2. The molecule has 9 nitrogen and oxygen atoms in total. The topological polar surface area (TPSA) is 95.9 Å². The van der Waals surface area contributed by atoms with E-state index in [9.17, 15) is 18.8 Å². The minimum Gasteiger partial charge on any atom is -0.444 e. The highest BCUT2D eigenvalue weighted by molar-refractivity contribution is 7.07. The molecule has 1 fully saturated rings. The Morgan fingerprint density at radius 1 is 1.15 bits per heavy atom. The van der Waals surface area contributed by atoms with Crippen LogP contribution in [0, 0.1) is 0 Å². The van der Waals surface area contributed by atoms with Crippen molar-refractivity contribution in [2.45, 2.75) is 77.2 Å². The number of carbonyl (C=O) groups excluding carboxylic acids is 3. The second-order valence-electron chi connectivity index (χ2n) is 13.4. The second kappa shape index (κ2) is 13.8. The van der Waals surface area contributed by atoms with Crippen LogP contribution in [-0.2, 0) is 40.3 Å². The van der Waals surface area contributed by atoms with Crippen molar-refractivity contribution in [3.63, 3.8) is 0 Å². The van der Waals surface area contributed by atoms with E-state index < -0.39 is 30.5 Å². The number of rotatable bonds is 10. The van der Waals surface area contributed by atoms with Crippen molar-refractivity contribution >= 4 is 51.5 Å². The van der Waals surface area contributed by atoms with Crippen LogP contribution in [0.3, 0.4) is 0 Å². The van der Waals surface area contributed by atoms with Crippen LogP contribution < -0.4 is 20.4 Å². The lowest BCUT2D eigenvalue weighted by atomic mass is 9.93. The van der Waals surface area contributed by atoms with Crippen LogP contribution in [0.5, 0.6) is 0 Å². The number of hydrogen-bond acceptors (Lipinski definition) is 6. The molecule has 0 aliphatic carbocycles. The Morgan fingerprint density at radius 2 is 1.96 bits per heavy atom. The van der Waals surface area contributed by atoms with E-state index >= 15 is 0 Å². The van der Waals surface area contributed by atoms with E-state index in [1.165, 1.54) is 0 Å². The molecule has 2 aromatic carbocycles. The van der Waals surface area contributed by atoms with Gasteiger partial charge in [-0.05, 0) is 72.8 Å². The second-order valence-corrected chi connectivity index (χ2v) is 14.1. The molecule has 1 unspecified atom stereocenters. The summed E-state index contributed by atoms with van der Waals surface area (Å²) < 4.78 is 20.8. The quantitative estimate of drug-likeness (QED) is 0.201. The van der Waals surface area contributed by atoms with E-state index in [1.807, 2.05) is 63.5 Å². The van der Waals surface area contributed by atoms with Crippen LogP contribution in [-0.4, -0.2) is 53.4 Å². The number of hydrogen-bond donors (Lipinski definition) is 2. The number of carbonyl (C=O) groups is 3. The molecule has 48 heavy (non-hydrogen) atoms. The van der Waals surface area contributed by atoms with E-state index in [4.69, 9.17) is 4.74 Å². The summed E-state index contributed by atoms with van der Waals surface area (Å²) in [7, 11) is 0. The summed E-state index contributed by atoms with van der Waals surface area (Å²) in [5.41, 5.74) is 5.46. The lowest BCUT2D eigenvalue weighted by Crippen LogP contribution is -2.54. The number of nitrogens with one attached hydrogen (secondary N) is 2. The number of aromatic nitrogens is 1. The number of alkyl carbamates (subject to hydrolysis) is 1. The molecule has 2 N–H and O–H groups in total. The third-order valence-electron chi connectivity index (χ3n) is 8.77. The molecular weight excluding hydrogens is 630 g/mol. The number of thiophene rings is 1. The molecule has 0 radical (unpaired) electrons. The van der Waals surface area contributed by atoms with Crippen LogP contribution in [0.2, 0.25) is 0 Å². The number of halogens is 1. The Labute approximate surface area is 284 Å². The number of nitrogens with zero attached hydrogens (tertiary/aromatic N) is 3. The molecule has 252 valence electrons. The molecule has 4 heterocycles. The molecule has 0 spiro atoms. The molecule has 2 aliphatic heterocycles. The standard InChI is InChI=1S/C37H42FN5O4S/c1-24-29(19-26-9-7-12-32(42-16-8-13-33(42)44)34(26)43(24)21-25-14-18-48-23-25)39-35(45)30(40-36(46)47-37(2,3)4)20-27-22-41(17-15-38)31-11-6-5-10-28(27)31/h5-7,9-12,14,18,22-23,29-30H,1,8,13,15-17,19-21H2,2-4H3,(H,39,45)(H,40,46)/t29?,30-/m1/s1. The molecule has 0 bridgehead atoms. The van der Waals surface area contributed by atoms with Gasteiger partial charge in [-0.3, -0.25) is 9.59 Å². The van der Waals surface area contributed by atoms with E-state index in [1.54, 1.807) is 32.1 Å². The average molecular weight is 672 g/mol. The van der Waals surface area contributed by atoms with Gasteiger partial charge in [0.05, 0.1) is 24.0 Å². The fourth-order valence-electron chi connectivity index (χ4n) is 6.64. The van der Waals surface area contributed by atoms with Crippen LogP contribution in [0.15, 0.2) is 77.8 Å². The Hall–Kier alpha value is -4.64. The molecule has 2 atom stereocenters. The number of anilines is 2. The summed E-state index contributed by atoms with van der Waals surface area (Å²) >= 11 is 1.61. The number of ether oxygens (including phenoxy) is 1. The summed E-state index contributed by atoms with van der Waals surface area (Å²) in [5.74, 6) is -0.289. The largest absolute Gasteiger partial charge is 0.444 e. The molecule has 4 aromatic rings.